The third-order valence-electron chi connectivity index (χ3n) is 9.27. The summed E-state index contributed by atoms with van der Waals surface area (Å²) in [7, 11) is 0. The molecule has 0 N–H and O–H groups in total. The van der Waals surface area contributed by atoms with Crippen LogP contribution in [0.15, 0.2) is 45.1 Å². The van der Waals surface area contributed by atoms with Crippen LogP contribution in [-0.2, 0) is 11.2 Å². The molecule has 2 bridgehead atoms. The molecule has 0 spiro atoms. The van der Waals surface area contributed by atoms with E-state index in [1.807, 2.05) is 32.9 Å². The minimum atomic E-state index is -0.426. The van der Waals surface area contributed by atoms with Crippen LogP contribution in [0, 0.1) is 25.7 Å². The Bertz CT molecular complexity index is 1370. The zero-order valence-corrected chi connectivity index (χ0v) is 23.1. The van der Waals surface area contributed by atoms with Crippen LogP contribution in [-0.4, -0.2) is 54.0 Å². The number of carbonyl (C=O) groups is 1. The highest BCUT2D eigenvalue weighted by Crippen LogP contribution is 2.45. The smallest absolute Gasteiger partial charge is 0.340 e. The van der Waals surface area contributed by atoms with Crippen LogP contribution in [0.25, 0.3) is 11.0 Å². The Kier molecular flexibility index (Phi) is 6.71. The minimum absolute atomic E-state index is 0.0334. The fourth-order valence-corrected chi connectivity index (χ4v) is 7.66. The quantitative estimate of drug-likeness (QED) is 0.397. The van der Waals surface area contributed by atoms with Gasteiger partial charge in [0.1, 0.15) is 17.9 Å². The predicted octanol–water partition coefficient (Wildman–Crippen LogP) is 5.33. The maximum atomic E-state index is 13.9. The summed E-state index contributed by atoms with van der Waals surface area (Å²) >= 11 is 0. The van der Waals surface area contributed by atoms with Crippen LogP contribution >= 0.6 is 0 Å². The number of amides is 1. The molecular weight excluding hydrogens is 476 g/mol. The van der Waals surface area contributed by atoms with Gasteiger partial charge in [0.15, 0.2) is 0 Å². The van der Waals surface area contributed by atoms with Crippen LogP contribution in [0.4, 0.5) is 0 Å². The molecule has 6 rings (SSSR count). The number of rotatable bonds is 5. The largest absolute Gasteiger partial charge is 0.488 e. The first-order valence-corrected chi connectivity index (χ1v) is 14.4. The Morgan fingerprint density at radius 3 is 2.84 bits per heavy atom. The lowest BCUT2D eigenvalue weighted by molar-refractivity contribution is -0.135. The van der Waals surface area contributed by atoms with Crippen molar-refractivity contribution in [3.05, 3.63) is 63.0 Å². The highest BCUT2D eigenvalue weighted by molar-refractivity contribution is 5.90. The lowest BCUT2D eigenvalue weighted by atomic mass is 9.68. The lowest BCUT2D eigenvalue weighted by Gasteiger charge is -2.54. The fraction of sp³-hybridized carbons (Fsp3) is 0.562. The Morgan fingerprint density at radius 1 is 1.18 bits per heavy atom. The molecule has 3 fully saturated rings. The molecule has 4 atom stereocenters. The molecule has 4 unspecified atom stereocenters. The van der Waals surface area contributed by atoms with E-state index in [1.54, 1.807) is 0 Å². The highest BCUT2D eigenvalue weighted by Gasteiger charge is 2.46. The van der Waals surface area contributed by atoms with Crippen molar-refractivity contribution in [2.75, 3.05) is 26.2 Å². The van der Waals surface area contributed by atoms with Crippen LogP contribution in [0.3, 0.4) is 0 Å². The maximum Gasteiger partial charge on any atom is 0.340 e. The van der Waals surface area contributed by atoms with E-state index in [2.05, 4.69) is 22.5 Å². The summed E-state index contributed by atoms with van der Waals surface area (Å²) in [5.74, 6) is 1.81. The van der Waals surface area contributed by atoms with Gasteiger partial charge in [0.25, 0.3) is 0 Å². The molecule has 1 aliphatic carbocycles. The van der Waals surface area contributed by atoms with E-state index in [9.17, 15) is 9.59 Å². The van der Waals surface area contributed by atoms with Crippen molar-refractivity contribution in [2.24, 2.45) is 11.8 Å². The first kappa shape index (κ1) is 25.4. The molecule has 0 radical (unpaired) electrons. The molecule has 0 saturated carbocycles. The summed E-state index contributed by atoms with van der Waals surface area (Å²) in [6.45, 7) is 13.1. The summed E-state index contributed by atoms with van der Waals surface area (Å²) in [5, 5.41) is 0.766. The van der Waals surface area contributed by atoms with Crippen molar-refractivity contribution in [2.45, 2.75) is 77.8 Å². The van der Waals surface area contributed by atoms with E-state index < -0.39 is 5.63 Å². The standard InChI is InChI=1S/C32H40N2O4/c1-19(2)18-37-27-12-20(3)13-28-30(27)21(4)25(32(36)38-28)16-29(35)34-11-7-8-22-14-23-15-24(31(22)34)17-33-10-6-5-9-26(23)33/h12-14,23-24,26,31H,1,5-11,15-18H2,2-4H3. The van der Waals surface area contributed by atoms with Crippen molar-refractivity contribution < 1.29 is 13.9 Å². The fourth-order valence-electron chi connectivity index (χ4n) is 7.66. The number of piperidine rings is 3. The van der Waals surface area contributed by atoms with Gasteiger partial charge < -0.3 is 14.1 Å². The van der Waals surface area contributed by atoms with Crippen molar-refractivity contribution in [3.8, 4) is 5.75 Å². The molecular formula is C32H40N2O4. The number of hydrogen-bond donors (Lipinski definition) is 0. The monoisotopic (exact) mass is 516 g/mol. The number of fused-ring (bicyclic) bond motifs is 7. The Balaban J connectivity index is 1.31. The van der Waals surface area contributed by atoms with E-state index in [1.165, 1.54) is 37.8 Å². The van der Waals surface area contributed by atoms with Gasteiger partial charge >= 0.3 is 5.63 Å². The van der Waals surface area contributed by atoms with E-state index in [4.69, 9.17) is 9.15 Å². The summed E-state index contributed by atoms with van der Waals surface area (Å²) in [6, 6.07) is 4.68. The Labute approximate surface area is 225 Å². The molecule has 3 saturated heterocycles. The molecule has 2 aromatic rings. The second-order valence-corrected chi connectivity index (χ2v) is 12.1. The van der Waals surface area contributed by atoms with Gasteiger partial charge in [-0.2, -0.15) is 0 Å². The molecule has 1 amide bonds. The van der Waals surface area contributed by atoms with Crippen LogP contribution in [0.1, 0.15) is 62.1 Å². The molecule has 1 aromatic heterocycles. The van der Waals surface area contributed by atoms with Crippen LogP contribution in [0.2, 0.25) is 0 Å². The zero-order chi connectivity index (χ0) is 26.6. The van der Waals surface area contributed by atoms with Gasteiger partial charge in [-0.1, -0.05) is 24.6 Å². The normalized spacial score (nSPS) is 26.9. The average Bonchev–Trinajstić information content (AvgIpc) is 2.89. The second kappa shape index (κ2) is 10.0. The molecule has 6 nitrogen and oxygen atoms in total. The number of nitrogens with zero attached hydrogens (tertiary/aromatic N) is 2. The molecule has 3 aliphatic heterocycles. The molecule has 202 valence electrons. The van der Waals surface area contributed by atoms with Crippen molar-refractivity contribution in [1.29, 1.82) is 0 Å². The number of benzene rings is 1. The molecule has 38 heavy (non-hydrogen) atoms. The molecule has 6 heteroatoms. The zero-order valence-electron chi connectivity index (χ0n) is 23.1. The number of ether oxygens (including phenoxy) is 1. The van der Waals surface area contributed by atoms with E-state index in [-0.39, 0.29) is 18.4 Å². The number of aryl methyl sites for hydroxylation is 2. The number of carbonyl (C=O) groups excluding carboxylic acids is 1. The third-order valence-corrected chi connectivity index (χ3v) is 9.27. The van der Waals surface area contributed by atoms with Crippen LogP contribution < -0.4 is 10.4 Å². The lowest BCUT2D eigenvalue weighted by Crippen LogP contribution is -2.60. The summed E-state index contributed by atoms with van der Waals surface area (Å²) in [6.07, 6.45) is 9.79. The van der Waals surface area contributed by atoms with E-state index in [0.29, 0.717) is 41.4 Å². The average molecular weight is 517 g/mol. The minimum Gasteiger partial charge on any atom is -0.488 e. The number of hydrogen-bond acceptors (Lipinski definition) is 5. The van der Waals surface area contributed by atoms with Gasteiger partial charge in [0.05, 0.1) is 23.4 Å². The second-order valence-electron chi connectivity index (χ2n) is 12.1. The SMILES string of the molecule is C=C(C)COc1cc(C)cc2oc(=O)c(CC(=O)N3CCCC4=CC5CC(CN6CCCCC56)C43)c(C)c12. The first-order valence-electron chi connectivity index (χ1n) is 14.4. The third kappa shape index (κ3) is 4.51. The topological polar surface area (TPSA) is 63.0 Å². The molecule has 4 aliphatic rings. The van der Waals surface area contributed by atoms with Crippen molar-refractivity contribution >= 4 is 16.9 Å². The molecule has 4 heterocycles. The van der Waals surface area contributed by atoms with Crippen molar-refractivity contribution in [1.82, 2.24) is 9.80 Å². The van der Waals surface area contributed by atoms with Gasteiger partial charge in [-0.3, -0.25) is 9.69 Å². The first-order chi connectivity index (χ1) is 18.3. The van der Waals surface area contributed by atoms with Crippen molar-refractivity contribution in [3.63, 3.8) is 0 Å². The number of likely N-dealkylation sites (tertiary alicyclic amines) is 1. The van der Waals surface area contributed by atoms with Gasteiger partial charge in [-0.05, 0) is 100 Å². The predicted molar refractivity (Wildman–Crippen MR) is 150 cm³/mol. The van der Waals surface area contributed by atoms with Crippen LogP contribution in [0.5, 0.6) is 5.75 Å². The van der Waals surface area contributed by atoms with E-state index in [0.717, 1.165) is 48.0 Å². The molecule has 1 aromatic carbocycles. The van der Waals surface area contributed by atoms with E-state index >= 15 is 0 Å². The Hall–Kier alpha value is -2.86. The van der Waals surface area contributed by atoms with Gasteiger partial charge in [-0.15, -0.1) is 0 Å². The summed E-state index contributed by atoms with van der Waals surface area (Å²) < 4.78 is 11.8. The maximum absolute atomic E-state index is 13.9. The van der Waals surface area contributed by atoms with Gasteiger partial charge in [0.2, 0.25) is 5.91 Å². The summed E-state index contributed by atoms with van der Waals surface area (Å²) in [5.41, 5.74) is 4.61. The Morgan fingerprint density at radius 2 is 2.03 bits per heavy atom. The summed E-state index contributed by atoms with van der Waals surface area (Å²) in [4.78, 5) is 31.9. The van der Waals surface area contributed by atoms with Gasteiger partial charge in [-0.25, -0.2) is 4.79 Å². The highest BCUT2D eigenvalue weighted by atomic mass is 16.5. The van der Waals surface area contributed by atoms with Gasteiger partial charge in [0, 0.05) is 19.1 Å².